The van der Waals surface area contributed by atoms with Gasteiger partial charge in [0, 0.05) is 0 Å². The zero-order valence-corrected chi connectivity index (χ0v) is 14.7. The van der Waals surface area contributed by atoms with Gasteiger partial charge in [0.2, 0.25) is 0 Å². The summed E-state index contributed by atoms with van der Waals surface area (Å²) in [5.74, 6) is 0. The topological polar surface area (TPSA) is 103 Å². The molecule has 9 heteroatoms. The summed E-state index contributed by atoms with van der Waals surface area (Å²) in [4.78, 5) is 29.4. The van der Waals surface area contributed by atoms with Gasteiger partial charge in [-0.25, -0.2) is 0 Å². The van der Waals surface area contributed by atoms with Gasteiger partial charge in [-0.2, -0.15) is 8.42 Å². The summed E-state index contributed by atoms with van der Waals surface area (Å²) < 4.78 is 32.5. The number of hydrogen-bond donors (Lipinski definition) is 1. The molecule has 7 nitrogen and oxygen atoms in total. The monoisotopic (exact) mass is 393 g/mol. The number of halogens is 1. The van der Waals surface area contributed by atoms with Gasteiger partial charge in [0.1, 0.15) is 12.3 Å². The molecule has 1 heterocycles. The van der Waals surface area contributed by atoms with Crippen molar-refractivity contribution in [1.82, 2.24) is 4.73 Å². The van der Waals surface area contributed by atoms with Gasteiger partial charge in [-0.15, -0.1) is 4.73 Å². The number of carbonyl (C=O) groups excluding carboxylic acids is 1. The third-order valence-electron chi connectivity index (χ3n) is 3.65. The van der Waals surface area contributed by atoms with Crippen molar-refractivity contribution in [2.24, 2.45) is 0 Å². The first-order valence-electron chi connectivity index (χ1n) is 7.32. The fourth-order valence-electron chi connectivity index (χ4n) is 2.41. The second-order valence-corrected chi connectivity index (χ2v) is 7.15. The van der Waals surface area contributed by atoms with Crippen molar-refractivity contribution >= 4 is 37.7 Å². The van der Waals surface area contributed by atoms with Crippen LogP contribution in [0.5, 0.6) is 0 Å². The highest BCUT2D eigenvalue weighted by Gasteiger charge is 2.18. The molecule has 0 saturated carbocycles. The number of fused-ring (bicyclic) bond motifs is 1. The quantitative estimate of drug-likeness (QED) is 0.527. The average molecular weight is 394 g/mol. The van der Waals surface area contributed by atoms with Crippen LogP contribution in [0, 0.1) is 0 Å². The Morgan fingerprint density at radius 1 is 1.12 bits per heavy atom. The Morgan fingerprint density at radius 3 is 2.42 bits per heavy atom. The first-order valence-corrected chi connectivity index (χ1v) is 9.13. The van der Waals surface area contributed by atoms with E-state index in [1.165, 1.54) is 12.1 Å². The molecular weight excluding hydrogens is 382 g/mol. The lowest BCUT2D eigenvalue weighted by molar-refractivity contribution is 0.0780. The molecule has 2 aromatic carbocycles. The highest BCUT2D eigenvalue weighted by molar-refractivity contribution is 7.85. The van der Waals surface area contributed by atoms with E-state index in [0.29, 0.717) is 0 Å². The first kappa shape index (κ1) is 18.1. The fraction of sp³-hybridized carbons (Fsp3) is 0.0588. The molecule has 0 fully saturated rings. The zero-order chi connectivity index (χ0) is 18.9. The van der Waals surface area contributed by atoms with Crippen LogP contribution in [0.15, 0.2) is 64.3 Å². The minimum Gasteiger partial charge on any atom is -0.405 e. The van der Waals surface area contributed by atoms with E-state index in [-0.39, 0.29) is 23.1 Å². The summed E-state index contributed by atoms with van der Waals surface area (Å²) in [7, 11) is -4.49. The molecule has 1 aromatic heterocycles. The third kappa shape index (κ3) is 3.62. The van der Waals surface area contributed by atoms with Crippen LogP contribution in [0.2, 0.25) is 0 Å². The van der Waals surface area contributed by atoms with Crippen molar-refractivity contribution < 1.29 is 22.6 Å². The van der Waals surface area contributed by atoms with E-state index in [0.717, 1.165) is 22.4 Å². The SMILES string of the molecule is O=C(Cl)c1cc2ccc(S(=O)(=O)O)cc2c(=O)n1OCc1ccccc1. The molecular formula is C17H12ClNO6S. The first-order chi connectivity index (χ1) is 12.3. The van der Waals surface area contributed by atoms with Crippen molar-refractivity contribution in [3.63, 3.8) is 0 Å². The number of pyridine rings is 1. The summed E-state index contributed by atoms with van der Waals surface area (Å²) in [5, 5.41) is -0.670. The lowest BCUT2D eigenvalue weighted by Gasteiger charge is -2.13. The molecule has 0 aliphatic heterocycles. The Bertz CT molecular complexity index is 1160. The molecule has 26 heavy (non-hydrogen) atoms. The molecule has 1 N–H and O–H groups in total. The highest BCUT2D eigenvalue weighted by atomic mass is 35.5. The second kappa shape index (κ2) is 6.91. The normalized spacial score (nSPS) is 11.5. The minimum absolute atomic E-state index is 0.0125. The number of nitrogens with zero attached hydrogens (tertiary/aromatic N) is 1. The molecule has 0 aliphatic carbocycles. The minimum atomic E-state index is -4.49. The fourth-order valence-corrected chi connectivity index (χ4v) is 3.05. The average Bonchev–Trinajstić information content (AvgIpc) is 2.60. The molecule has 0 radical (unpaired) electrons. The van der Waals surface area contributed by atoms with Gasteiger partial charge in [0.05, 0.1) is 10.3 Å². The summed E-state index contributed by atoms with van der Waals surface area (Å²) in [5.41, 5.74) is -0.216. The molecule has 0 amide bonds. The van der Waals surface area contributed by atoms with Gasteiger partial charge in [-0.05, 0) is 40.7 Å². The van der Waals surface area contributed by atoms with Crippen LogP contribution >= 0.6 is 11.6 Å². The number of hydrogen-bond acceptors (Lipinski definition) is 5. The van der Waals surface area contributed by atoms with Crippen LogP contribution < -0.4 is 10.4 Å². The highest BCUT2D eigenvalue weighted by Crippen LogP contribution is 2.18. The van der Waals surface area contributed by atoms with E-state index in [9.17, 15) is 18.0 Å². The van der Waals surface area contributed by atoms with Gasteiger partial charge < -0.3 is 4.84 Å². The van der Waals surface area contributed by atoms with Gasteiger partial charge in [-0.1, -0.05) is 36.4 Å². The van der Waals surface area contributed by atoms with E-state index in [1.807, 2.05) is 6.07 Å². The summed E-state index contributed by atoms with van der Waals surface area (Å²) in [6.45, 7) is -0.0125. The van der Waals surface area contributed by atoms with E-state index in [4.69, 9.17) is 21.0 Å². The van der Waals surface area contributed by atoms with E-state index in [1.54, 1.807) is 24.3 Å². The molecule has 134 valence electrons. The van der Waals surface area contributed by atoms with Gasteiger partial charge in [-0.3, -0.25) is 14.1 Å². The molecule has 0 saturated heterocycles. The van der Waals surface area contributed by atoms with Crippen LogP contribution in [0.4, 0.5) is 0 Å². The summed E-state index contributed by atoms with van der Waals surface area (Å²) >= 11 is 5.55. The predicted molar refractivity (Wildman–Crippen MR) is 94.9 cm³/mol. The zero-order valence-electron chi connectivity index (χ0n) is 13.1. The van der Waals surface area contributed by atoms with Crippen molar-refractivity contribution in [3.8, 4) is 0 Å². The molecule has 0 aliphatic rings. The van der Waals surface area contributed by atoms with Crippen LogP contribution in [-0.4, -0.2) is 22.9 Å². The van der Waals surface area contributed by atoms with Crippen LogP contribution in [0.3, 0.4) is 0 Å². The Morgan fingerprint density at radius 2 is 1.81 bits per heavy atom. The van der Waals surface area contributed by atoms with Crippen molar-refractivity contribution in [2.75, 3.05) is 0 Å². The number of benzene rings is 2. The molecule has 3 aromatic rings. The van der Waals surface area contributed by atoms with Crippen molar-refractivity contribution in [3.05, 3.63) is 76.2 Å². The van der Waals surface area contributed by atoms with Crippen LogP contribution in [0.25, 0.3) is 10.8 Å². The maximum Gasteiger partial charge on any atom is 0.294 e. The van der Waals surface area contributed by atoms with Crippen LogP contribution in [0.1, 0.15) is 16.1 Å². The second-order valence-electron chi connectivity index (χ2n) is 5.39. The summed E-state index contributed by atoms with van der Waals surface area (Å²) in [6.07, 6.45) is 0. The van der Waals surface area contributed by atoms with Crippen molar-refractivity contribution in [2.45, 2.75) is 11.5 Å². The van der Waals surface area contributed by atoms with Gasteiger partial charge in [0.25, 0.3) is 20.9 Å². The number of rotatable bonds is 5. The number of aromatic nitrogens is 1. The summed E-state index contributed by atoms with van der Waals surface area (Å²) in [6, 6.07) is 13.7. The standard InChI is InChI=1S/C17H12ClNO6S/c18-16(20)15-8-12-6-7-13(26(22,23)24)9-14(12)17(21)19(15)25-10-11-4-2-1-3-5-11/h1-9H,10H2,(H,22,23,24). The smallest absolute Gasteiger partial charge is 0.294 e. The third-order valence-corrected chi connectivity index (χ3v) is 4.70. The van der Waals surface area contributed by atoms with E-state index >= 15 is 0 Å². The number of carbonyl (C=O) groups is 1. The lowest BCUT2D eigenvalue weighted by Crippen LogP contribution is -2.31. The van der Waals surface area contributed by atoms with E-state index in [2.05, 4.69) is 0 Å². The lowest BCUT2D eigenvalue weighted by atomic mass is 10.1. The Balaban J connectivity index is 2.15. The molecule has 0 bridgehead atoms. The maximum absolute atomic E-state index is 12.7. The molecule has 3 rings (SSSR count). The van der Waals surface area contributed by atoms with Gasteiger partial charge >= 0.3 is 0 Å². The molecule has 0 unspecified atom stereocenters. The van der Waals surface area contributed by atoms with Crippen LogP contribution in [-0.2, 0) is 16.7 Å². The molecule has 0 atom stereocenters. The molecule has 0 spiro atoms. The maximum atomic E-state index is 12.7. The largest absolute Gasteiger partial charge is 0.405 e. The van der Waals surface area contributed by atoms with Gasteiger partial charge in [0.15, 0.2) is 0 Å². The Labute approximate surface area is 153 Å². The van der Waals surface area contributed by atoms with Crippen molar-refractivity contribution in [1.29, 1.82) is 0 Å². The predicted octanol–water partition coefficient (Wildman–Crippen LogP) is 2.26. The Kier molecular flexibility index (Phi) is 4.82. The Hall–Kier alpha value is -2.68. The van der Waals surface area contributed by atoms with E-state index < -0.39 is 25.8 Å².